The Hall–Kier alpha value is -3.90. The maximum atomic E-state index is 13.2. The van der Waals surface area contributed by atoms with Crippen LogP contribution in [0, 0.1) is 18.3 Å². The van der Waals surface area contributed by atoms with Crippen molar-refractivity contribution in [1.29, 1.82) is 5.26 Å². The number of allylic oxidation sites excluding steroid dienone is 1. The zero-order chi connectivity index (χ0) is 25.5. The third-order valence-corrected chi connectivity index (χ3v) is 6.12. The smallest absolute Gasteiger partial charge is 0.280 e. The summed E-state index contributed by atoms with van der Waals surface area (Å²) in [6, 6.07) is 12.9. The zero-order valence-electron chi connectivity index (χ0n) is 19.2. The molecule has 3 rings (SSSR count). The van der Waals surface area contributed by atoms with E-state index in [-0.39, 0.29) is 33.6 Å². The number of halogens is 2. The number of nitrogens with zero attached hydrogens (tertiary/aromatic N) is 2. The fourth-order valence-electron chi connectivity index (χ4n) is 3.28. The highest BCUT2D eigenvalue weighted by molar-refractivity contribution is 7.98. The number of aryl methyl sites for hydroxylation is 1. The molecule has 0 saturated carbocycles. The number of phenolic OH excluding ortho intramolecular Hbond substituents is 1. The number of carbonyl (C=O) groups excluding carboxylic acids is 1. The summed E-state index contributed by atoms with van der Waals surface area (Å²) in [4.78, 5) is 16.5. The lowest BCUT2D eigenvalue weighted by Crippen LogP contribution is -1.99. The highest BCUT2D eigenvalue weighted by Gasteiger charge is 2.17. The predicted octanol–water partition coefficient (Wildman–Crippen LogP) is 6.11. The minimum Gasteiger partial charge on any atom is -0.504 e. The maximum absolute atomic E-state index is 13.2. The third kappa shape index (κ3) is 6.16. The van der Waals surface area contributed by atoms with Crippen LogP contribution in [-0.2, 0) is 5.75 Å². The number of phenols is 1. The van der Waals surface area contributed by atoms with Crippen molar-refractivity contribution in [3.63, 3.8) is 0 Å². The van der Waals surface area contributed by atoms with Gasteiger partial charge in [0, 0.05) is 16.9 Å². The van der Waals surface area contributed by atoms with Gasteiger partial charge >= 0.3 is 0 Å². The number of thioether (sulfide) groups is 1. The van der Waals surface area contributed by atoms with Gasteiger partial charge in [-0.2, -0.15) is 5.26 Å². The number of alkyl halides is 2. The van der Waals surface area contributed by atoms with Crippen LogP contribution in [0.15, 0.2) is 53.6 Å². The summed E-state index contributed by atoms with van der Waals surface area (Å²) < 4.78 is 36.9. The Morgan fingerprint density at radius 2 is 1.91 bits per heavy atom. The summed E-state index contributed by atoms with van der Waals surface area (Å²) in [7, 11) is 2.91. The maximum Gasteiger partial charge on any atom is 0.280 e. The molecule has 9 heteroatoms. The first-order valence-corrected chi connectivity index (χ1v) is 11.3. The number of ether oxygens (including phenoxy) is 2. The van der Waals surface area contributed by atoms with Crippen LogP contribution in [0.2, 0.25) is 0 Å². The number of aromatic hydroxyl groups is 1. The summed E-state index contributed by atoms with van der Waals surface area (Å²) in [5.41, 5.74) is 2.12. The van der Waals surface area contributed by atoms with Crippen molar-refractivity contribution in [2.75, 3.05) is 14.2 Å². The molecule has 0 unspecified atom stereocenters. The number of pyridine rings is 1. The zero-order valence-corrected chi connectivity index (χ0v) is 20.0. The SMILES string of the molecule is COc1cc(C(=O)/C=C/c2ccc(OC)c(CSc3nc(C(F)F)cc(C)c3C#N)c2)ccc1O. The number of hydrogen-bond acceptors (Lipinski definition) is 7. The predicted molar refractivity (Wildman–Crippen MR) is 129 cm³/mol. The van der Waals surface area contributed by atoms with Crippen LogP contribution < -0.4 is 9.47 Å². The second-order valence-corrected chi connectivity index (χ2v) is 8.36. The number of nitriles is 1. The molecule has 0 radical (unpaired) electrons. The highest BCUT2D eigenvalue weighted by atomic mass is 32.2. The second-order valence-electron chi connectivity index (χ2n) is 7.40. The van der Waals surface area contributed by atoms with E-state index in [4.69, 9.17) is 9.47 Å². The Bertz CT molecular complexity index is 1320. The quantitative estimate of drug-likeness (QED) is 0.217. The lowest BCUT2D eigenvalue weighted by molar-refractivity contribution is 0.104. The van der Waals surface area contributed by atoms with Crippen molar-refractivity contribution in [3.05, 3.63) is 82.1 Å². The largest absolute Gasteiger partial charge is 0.504 e. The molecule has 2 aromatic carbocycles. The molecule has 3 aromatic rings. The molecule has 0 aliphatic rings. The molecule has 1 heterocycles. The number of aromatic nitrogens is 1. The van der Waals surface area contributed by atoms with Crippen molar-refractivity contribution >= 4 is 23.6 Å². The lowest BCUT2D eigenvalue weighted by atomic mass is 10.1. The number of rotatable bonds is 9. The van der Waals surface area contributed by atoms with E-state index in [9.17, 15) is 23.9 Å². The first kappa shape index (κ1) is 25.7. The number of hydrogen-bond donors (Lipinski definition) is 1. The number of carbonyl (C=O) groups is 1. The summed E-state index contributed by atoms with van der Waals surface area (Å²) in [5.74, 6) is 0.738. The van der Waals surface area contributed by atoms with Crippen LogP contribution in [0.4, 0.5) is 8.78 Å². The van der Waals surface area contributed by atoms with Gasteiger partial charge in [0.2, 0.25) is 0 Å². The average molecular weight is 497 g/mol. The van der Waals surface area contributed by atoms with Gasteiger partial charge in [0.25, 0.3) is 6.43 Å². The molecule has 0 spiro atoms. The van der Waals surface area contributed by atoms with Crippen molar-refractivity contribution in [3.8, 4) is 23.3 Å². The van der Waals surface area contributed by atoms with Crippen LogP contribution in [0.1, 0.15) is 44.7 Å². The van der Waals surface area contributed by atoms with Gasteiger partial charge in [0.15, 0.2) is 17.3 Å². The summed E-state index contributed by atoms with van der Waals surface area (Å²) in [6.45, 7) is 1.60. The minimum absolute atomic E-state index is 0.0614. The molecule has 6 nitrogen and oxygen atoms in total. The first-order chi connectivity index (χ1) is 16.8. The van der Waals surface area contributed by atoms with Gasteiger partial charge in [0.05, 0.1) is 19.8 Å². The van der Waals surface area contributed by atoms with Gasteiger partial charge in [-0.15, -0.1) is 11.8 Å². The summed E-state index contributed by atoms with van der Waals surface area (Å²) in [5, 5.41) is 19.4. The van der Waals surface area contributed by atoms with E-state index in [1.54, 1.807) is 25.1 Å². The van der Waals surface area contributed by atoms with E-state index in [2.05, 4.69) is 4.98 Å². The molecular formula is C26H22F2N2O4S. The standard InChI is InChI=1S/C26H22F2N2O4S/c1-15-10-20(25(27)28)30-26(19(15)13-29)35-14-18-11-16(5-9-23(18)33-2)4-7-21(31)17-6-8-22(32)24(12-17)34-3/h4-12,25,32H,14H2,1-3H3/b7-4+. The second kappa shape index (κ2) is 11.5. The van der Waals surface area contributed by atoms with Crippen molar-refractivity contribution < 1.29 is 28.2 Å². The molecule has 0 amide bonds. The van der Waals surface area contributed by atoms with Crippen LogP contribution in [0.3, 0.4) is 0 Å². The summed E-state index contributed by atoms with van der Waals surface area (Å²) >= 11 is 1.16. The first-order valence-electron chi connectivity index (χ1n) is 10.4. The third-order valence-electron chi connectivity index (χ3n) is 5.10. The molecule has 0 fully saturated rings. The fourth-order valence-corrected chi connectivity index (χ4v) is 4.32. The van der Waals surface area contributed by atoms with E-state index in [1.807, 2.05) is 12.1 Å². The lowest BCUT2D eigenvalue weighted by Gasteiger charge is -2.12. The van der Waals surface area contributed by atoms with E-state index < -0.39 is 6.43 Å². The van der Waals surface area contributed by atoms with Crippen molar-refractivity contribution in [1.82, 2.24) is 4.98 Å². The Balaban J connectivity index is 1.84. The molecule has 0 aliphatic heterocycles. The Morgan fingerprint density at radius 3 is 2.57 bits per heavy atom. The van der Waals surface area contributed by atoms with Gasteiger partial charge in [-0.1, -0.05) is 12.1 Å². The fraction of sp³-hybridized carbons (Fsp3) is 0.192. The van der Waals surface area contributed by atoms with Gasteiger partial charge in [-0.25, -0.2) is 13.8 Å². The minimum atomic E-state index is -2.74. The number of ketones is 1. The normalized spacial score (nSPS) is 11.0. The van der Waals surface area contributed by atoms with Crippen LogP contribution >= 0.6 is 11.8 Å². The monoisotopic (exact) mass is 496 g/mol. The van der Waals surface area contributed by atoms with Gasteiger partial charge in [-0.3, -0.25) is 4.79 Å². The number of benzene rings is 2. The number of methoxy groups -OCH3 is 2. The Labute approximate surface area is 205 Å². The van der Waals surface area contributed by atoms with Crippen LogP contribution in [-0.4, -0.2) is 30.1 Å². The highest BCUT2D eigenvalue weighted by Crippen LogP contribution is 2.33. The van der Waals surface area contributed by atoms with Gasteiger partial charge in [-0.05, 0) is 60.5 Å². The van der Waals surface area contributed by atoms with E-state index in [0.29, 0.717) is 28.2 Å². The molecule has 1 N–H and O–H groups in total. The van der Waals surface area contributed by atoms with Crippen LogP contribution in [0.5, 0.6) is 17.2 Å². The van der Waals surface area contributed by atoms with E-state index in [0.717, 1.165) is 17.3 Å². The molecular weight excluding hydrogens is 474 g/mol. The average Bonchev–Trinajstić information content (AvgIpc) is 2.85. The molecule has 35 heavy (non-hydrogen) atoms. The molecule has 0 bridgehead atoms. The van der Waals surface area contributed by atoms with Crippen molar-refractivity contribution in [2.45, 2.75) is 24.1 Å². The van der Waals surface area contributed by atoms with Gasteiger partial charge < -0.3 is 14.6 Å². The molecule has 1 aromatic heterocycles. The van der Waals surface area contributed by atoms with Gasteiger partial charge in [0.1, 0.15) is 22.5 Å². The molecule has 0 saturated heterocycles. The summed E-state index contributed by atoms with van der Waals surface area (Å²) in [6.07, 6.45) is 0.292. The Morgan fingerprint density at radius 1 is 1.17 bits per heavy atom. The topological polar surface area (TPSA) is 92.4 Å². The Kier molecular flexibility index (Phi) is 8.44. The van der Waals surface area contributed by atoms with Crippen molar-refractivity contribution in [2.24, 2.45) is 0 Å². The van der Waals surface area contributed by atoms with E-state index in [1.165, 1.54) is 44.6 Å². The van der Waals surface area contributed by atoms with Crippen LogP contribution in [0.25, 0.3) is 6.08 Å². The van der Waals surface area contributed by atoms with E-state index >= 15 is 0 Å². The molecule has 0 atom stereocenters. The molecule has 180 valence electrons. The molecule has 0 aliphatic carbocycles.